The summed E-state index contributed by atoms with van der Waals surface area (Å²) in [4.78, 5) is 47.9. The summed E-state index contributed by atoms with van der Waals surface area (Å²) in [6.07, 6.45) is 28.0. The van der Waals surface area contributed by atoms with Crippen LogP contribution >= 0.6 is 11.8 Å². The first kappa shape index (κ1) is 35.7. The number of ketones is 1. The topological polar surface area (TPSA) is 116 Å². The number of allylic oxidation sites excluding steroid dienone is 8. The normalized spacial score (nSPS) is 23.5. The van der Waals surface area contributed by atoms with Gasteiger partial charge in [0.05, 0.1) is 12.1 Å². The fraction of sp³-hybridized carbons (Fsp3) is 0.657. The van der Waals surface area contributed by atoms with Gasteiger partial charge in [-0.1, -0.05) is 62.6 Å². The van der Waals surface area contributed by atoms with Crippen molar-refractivity contribution in [3.63, 3.8) is 0 Å². The average Bonchev–Trinajstić information content (AvgIpc) is 3.68. The molecule has 0 radical (unpaired) electrons. The number of unbranched alkanes of at least 4 members (excludes halogenated alkanes) is 7. The van der Waals surface area contributed by atoms with Crippen LogP contribution in [0.4, 0.5) is 4.79 Å². The molecule has 2 saturated heterocycles. The molecule has 244 valence electrons. The lowest BCUT2D eigenvalue weighted by molar-refractivity contribution is -0.121. The van der Waals surface area contributed by atoms with Gasteiger partial charge in [0.15, 0.2) is 5.78 Å². The maximum absolute atomic E-state index is 12.2. The van der Waals surface area contributed by atoms with Crippen molar-refractivity contribution < 1.29 is 19.2 Å². The first-order chi connectivity index (χ1) is 21.5. The van der Waals surface area contributed by atoms with E-state index in [4.69, 9.17) is 0 Å². The molecule has 2 fully saturated rings. The van der Waals surface area contributed by atoms with Crippen LogP contribution in [0.25, 0.3) is 0 Å². The molecule has 4 amide bonds. The van der Waals surface area contributed by atoms with E-state index in [-0.39, 0.29) is 41.6 Å². The number of nitrogens with one attached hydrogen (secondary N) is 4. The molecule has 0 saturated carbocycles. The molecule has 4 N–H and O–H groups in total. The molecule has 2 aliphatic heterocycles. The molecular weight excluding hydrogens is 572 g/mol. The van der Waals surface area contributed by atoms with E-state index in [0.717, 1.165) is 75.5 Å². The van der Waals surface area contributed by atoms with Crippen molar-refractivity contribution in [3.05, 3.63) is 48.1 Å². The van der Waals surface area contributed by atoms with Crippen molar-refractivity contribution in [2.24, 2.45) is 5.92 Å². The predicted molar refractivity (Wildman–Crippen MR) is 180 cm³/mol. The van der Waals surface area contributed by atoms with Crippen LogP contribution in [0.1, 0.15) is 103 Å². The molecule has 0 aromatic heterocycles. The highest BCUT2D eigenvalue weighted by Crippen LogP contribution is 2.33. The Kier molecular flexibility index (Phi) is 17.0. The van der Waals surface area contributed by atoms with Gasteiger partial charge >= 0.3 is 6.03 Å². The Bertz CT molecular complexity index is 1050. The molecule has 2 heterocycles. The molecular formula is C35H54N4O4S. The quantitative estimate of drug-likeness (QED) is 0.0506. The van der Waals surface area contributed by atoms with Gasteiger partial charge in [0, 0.05) is 48.4 Å². The lowest BCUT2D eigenvalue weighted by Crippen LogP contribution is -2.36. The molecule has 1 aliphatic carbocycles. The van der Waals surface area contributed by atoms with Crippen molar-refractivity contribution in [2.75, 3.05) is 18.8 Å². The summed E-state index contributed by atoms with van der Waals surface area (Å²) in [6, 6.07) is 0.437. The van der Waals surface area contributed by atoms with E-state index < -0.39 is 0 Å². The third kappa shape index (κ3) is 13.4. The first-order valence-electron chi connectivity index (χ1n) is 16.9. The minimum Gasteiger partial charge on any atom is -0.356 e. The standard InChI is InChI=1S/C35H54N4O4S/c1-2-3-4-5-6-11-18-28-27(22-23-30(28)40)17-10-7-8-12-20-32(41)36-24-15-9-16-25-37-33(42)21-14-13-19-31-34-29(26-44-31)38-35(43)39-34/h6-7,10-11,18,22-23,27,29,31,34H,2-5,8-9,12-17,19-21,24-26H2,1H3,(H,36,41)(H,37,42)(H2,38,39,43)/b10-7-,11-6-,28-18+/t27-,29+,31-,34-/m0/s1. The minimum atomic E-state index is -0.0521. The highest BCUT2D eigenvalue weighted by molar-refractivity contribution is 8.00. The largest absolute Gasteiger partial charge is 0.356 e. The van der Waals surface area contributed by atoms with Gasteiger partial charge in [-0.25, -0.2) is 4.79 Å². The van der Waals surface area contributed by atoms with E-state index in [9.17, 15) is 19.2 Å². The van der Waals surface area contributed by atoms with Crippen LogP contribution in [0, 0.1) is 5.92 Å². The molecule has 3 aliphatic rings. The molecule has 0 spiro atoms. The van der Waals surface area contributed by atoms with Gasteiger partial charge in [-0.05, 0) is 70.3 Å². The average molecular weight is 627 g/mol. The summed E-state index contributed by atoms with van der Waals surface area (Å²) in [5, 5.41) is 12.4. The monoisotopic (exact) mass is 626 g/mol. The van der Waals surface area contributed by atoms with E-state index in [1.54, 1.807) is 6.08 Å². The van der Waals surface area contributed by atoms with Crippen molar-refractivity contribution >= 4 is 35.4 Å². The summed E-state index contributed by atoms with van der Waals surface area (Å²) in [7, 11) is 0. The summed E-state index contributed by atoms with van der Waals surface area (Å²) < 4.78 is 0. The Hall–Kier alpha value is -2.81. The molecule has 44 heavy (non-hydrogen) atoms. The molecule has 0 bridgehead atoms. The van der Waals surface area contributed by atoms with Gasteiger partial charge in [-0.15, -0.1) is 0 Å². The van der Waals surface area contributed by atoms with Crippen LogP contribution in [-0.4, -0.2) is 59.8 Å². The number of hydrogen-bond acceptors (Lipinski definition) is 5. The number of urea groups is 1. The van der Waals surface area contributed by atoms with E-state index in [2.05, 4.69) is 46.4 Å². The zero-order valence-corrected chi connectivity index (χ0v) is 27.4. The number of rotatable bonds is 22. The maximum Gasteiger partial charge on any atom is 0.315 e. The number of fused-ring (bicyclic) bond motifs is 1. The van der Waals surface area contributed by atoms with Gasteiger partial charge in [-0.3, -0.25) is 14.4 Å². The van der Waals surface area contributed by atoms with E-state index in [1.807, 2.05) is 30.0 Å². The van der Waals surface area contributed by atoms with Gasteiger partial charge in [0.25, 0.3) is 0 Å². The van der Waals surface area contributed by atoms with Gasteiger partial charge < -0.3 is 21.3 Å². The molecule has 3 rings (SSSR count). The van der Waals surface area contributed by atoms with E-state index in [1.165, 1.54) is 19.3 Å². The van der Waals surface area contributed by atoms with Gasteiger partial charge in [0.2, 0.25) is 11.8 Å². The zero-order chi connectivity index (χ0) is 31.4. The first-order valence-corrected chi connectivity index (χ1v) is 18.0. The van der Waals surface area contributed by atoms with Crippen molar-refractivity contribution in [2.45, 2.75) is 121 Å². The third-order valence-electron chi connectivity index (χ3n) is 8.46. The summed E-state index contributed by atoms with van der Waals surface area (Å²) in [5.41, 5.74) is 0.867. The fourth-order valence-electron chi connectivity index (χ4n) is 5.85. The van der Waals surface area contributed by atoms with Crippen molar-refractivity contribution in [1.82, 2.24) is 21.3 Å². The van der Waals surface area contributed by atoms with E-state index >= 15 is 0 Å². The van der Waals surface area contributed by atoms with Gasteiger partial charge in [0.1, 0.15) is 0 Å². The van der Waals surface area contributed by atoms with Crippen LogP contribution in [0.3, 0.4) is 0 Å². The number of thioether (sulfide) groups is 1. The summed E-state index contributed by atoms with van der Waals surface area (Å²) >= 11 is 1.91. The minimum absolute atomic E-state index is 0.0521. The van der Waals surface area contributed by atoms with Crippen molar-refractivity contribution in [3.8, 4) is 0 Å². The Morgan fingerprint density at radius 3 is 2.41 bits per heavy atom. The number of carbonyl (C=O) groups is 4. The predicted octanol–water partition coefficient (Wildman–Crippen LogP) is 6.05. The van der Waals surface area contributed by atoms with E-state index in [0.29, 0.717) is 31.2 Å². The van der Waals surface area contributed by atoms with Crippen LogP contribution in [0.15, 0.2) is 48.1 Å². The van der Waals surface area contributed by atoms with Crippen LogP contribution in [-0.2, 0) is 14.4 Å². The van der Waals surface area contributed by atoms with Crippen molar-refractivity contribution in [1.29, 1.82) is 0 Å². The summed E-state index contributed by atoms with van der Waals surface area (Å²) in [6.45, 7) is 3.55. The molecule has 0 aromatic carbocycles. The lowest BCUT2D eigenvalue weighted by atomic mass is 9.97. The maximum atomic E-state index is 12.2. The third-order valence-corrected chi connectivity index (χ3v) is 9.97. The van der Waals surface area contributed by atoms with Crippen LogP contribution < -0.4 is 21.3 Å². The highest BCUT2D eigenvalue weighted by Gasteiger charge is 2.42. The molecule has 4 atom stereocenters. The second kappa shape index (κ2) is 21.0. The summed E-state index contributed by atoms with van der Waals surface area (Å²) in [5.74, 6) is 1.42. The SMILES string of the molecule is CCCCC/C=C\C=C1\C(=O)C=C[C@@H]1C/C=C\CCCC(=O)NCCCCCNC(=O)CCCC[C@@H]1SC[C@H]2NC(=O)N[C@H]12. The Morgan fingerprint density at radius 2 is 1.64 bits per heavy atom. The van der Waals surface area contributed by atoms with Crippen LogP contribution in [0.2, 0.25) is 0 Å². The number of hydrogen-bond donors (Lipinski definition) is 4. The fourth-order valence-corrected chi connectivity index (χ4v) is 7.40. The van der Waals surface area contributed by atoms with Gasteiger partial charge in [-0.2, -0.15) is 11.8 Å². The second-order valence-corrected chi connectivity index (χ2v) is 13.4. The van der Waals surface area contributed by atoms with Crippen LogP contribution in [0.5, 0.6) is 0 Å². The zero-order valence-electron chi connectivity index (χ0n) is 26.6. The Balaban J connectivity index is 1.11. The second-order valence-electron chi connectivity index (χ2n) is 12.1. The Labute approximate surface area is 268 Å². The number of carbonyl (C=O) groups excluding carboxylic acids is 4. The molecule has 9 heteroatoms. The highest BCUT2D eigenvalue weighted by atomic mass is 32.2. The lowest BCUT2D eigenvalue weighted by Gasteiger charge is -2.16. The molecule has 0 unspecified atom stereocenters. The molecule has 8 nitrogen and oxygen atoms in total. The number of amides is 4. The molecule has 0 aromatic rings. The smallest absolute Gasteiger partial charge is 0.315 e. The Morgan fingerprint density at radius 1 is 0.886 bits per heavy atom.